The average Bonchev–Trinajstić information content (AvgIpc) is 2.94. The Morgan fingerprint density at radius 1 is 0.900 bits per heavy atom. The summed E-state index contributed by atoms with van der Waals surface area (Å²) >= 11 is 4.21. The Balaban J connectivity index is 1.57. The van der Waals surface area contributed by atoms with E-state index in [1.165, 1.54) is 30.3 Å². The van der Waals surface area contributed by atoms with Crippen molar-refractivity contribution in [3.63, 3.8) is 0 Å². The Morgan fingerprint density at radius 2 is 1.52 bits per heavy atom. The van der Waals surface area contributed by atoms with Crippen molar-refractivity contribution in [3.05, 3.63) is 89.7 Å². The van der Waals surface area contributed by atoms with Gasteiger partial charge in [0.15, 0.2) is 0 Å². The molecule has 0 saturated carbocycles. The average molecular weight is 588 g/mol. The summed E-state index contributed by atoms with van der Waals surface area (Å²) in [6, 6.07) is 18.5. The van der Waals surface area contributed by atoms with Crippen LogP contribution in [0.4, 0.5) is 4.39 Å². The van der Waals surface area contributed by atoms with E-state index in [0.29, 0.717) is 22.3 Å². The zero-order valence-corrected chi connectivity index (χ0v) is 23.3. The van der Waals surface area contributed by atoms with Crippen molar-refractivity contribution in [1.82, 2.24) is 15.4 Å². The summed E-state index contributed by atoms with van der Waals surface area (Å²) < 4.78 is 41.2. The number of halogens is 1. The third kappa shape index (κ3) is 8.13. The smallest absolute Gasteiger partial charge is 0.264 e. The fourth-order valence-corrected chi connectivity index (χ4v) is 5.36. The summed E-state index contributed by atoms with van der Waals surface area (Å²) in [4.78, 5) is 36.7. The Morgan fingerprint density at radius 3 is 2.17 bits per heavy atom. The van der Waals surface area contributed by atoms with Gasteiger partial charge in [0, 0.05) is 30.0 Å². The van der Waals surface area contributed by atoms with Gasteiger partial charge in [-0.25, -0.2) is 17.5 Å². The Kier molecular flexibility index (Phi) is 10.8. The van der Waals surface area contributed by atoms with Crippen LogP contribution >= 0.6 is 12.6 Å². The van der Waals surface area contributed by atoms with Gasteiger partial charge in [-0.05, 0) is 48.7 Å². The second-order valence-corrected chi connectivity index (χ2v) is 11.0. The third-order valence-corrected chi connectivity index (χ3v) is 7.82. The van der Waals surface area contributed by atoms with Crippen LogP contribution in [0.15, 0.2) is 77.7 Å². The van der Waals surface area contributed by atoms with E-state index in [9.17, 15) is 32.3 Å². The molecular weight excluding hydrogens is 557 g/mol. The van der Waals surface area contributed by atoms with E-state index in [2.05, 4.69) is 23.3 Å². The summed E-state index contributed by atoms with van der Waals surface area (Å²) in [7, 11) is -4.26. The number of thiol groups is 1. The first kappa shape index (κ1) is 30.8. The zero-order chi connectivity index (χ0) is 29.3. The van der Waals surface area contributed by atoms with Gasteiger partial charge in [-0.1, -0.05) is 48.5 Å². The molecule has 0 radical (unpaired) electrons. The maximum absolute atomic E-state index is 13.9. The van der Waals surface area contributed by atoms with Crippen molar-refractivity contribution in [1.29, 1.82) is 0 Å². The number of sulfonamides is 1. The number of nitrogens with one attached hydrogen (secondary N) is 3. The summed E-state index contributed by atoms with van der Waals surface area (Å²) in [5.74, 6) is -2.43. The molecule has 2 atom stereocenters. The Labute approximate surface area is 237 Å². The number of rotatable bonds is 12. The van der Waals surface area contributed by atoms with Crippen LogP contribution in [-0.2, 0) is 26.0 Å². The molecule has 0 unspecified atom stereocenters. The molecule has 0 aliphatic carbocycles. The number of aliphatic hydroxyl groups excluding tert-OH is 1. The molecule has 3 aromatic rings. The van der Waals surface area contributed by atoms with E-state index in [1.807, 2.05) is 4.72 Å². The molecule has 0 heterocycles. The van der Waals surface area contributed by atoms with Crippen LogP contribution in [0.1, 0.15) is 22.8 Å². The van der Waals surface area contributed by atoms with Gasteiger partial charge in [-0.2, -0.15) is 12.6 Å². The van der Waals surface area contributed by atoms with Crippen LogP contribution in [0.25, 0.3) is 11.1 Å². The molecule has 3 rings (SSSR count). The maximum atomic E-state index is 13.9. The predicted molar refractivity (Wildman–Crippen MR) is 152 cm³/mol. The molecule has 0 aliphatic rings. The van der Waals surface area contributed by atoms with Crippen LogP contribution in [0.3, 0.4) is 0 Å². The second-order valence-electron chi connectivity index (χ2n) is 8.94. The van der Waals surface area contributed by atoms with Crippen molar-refractivity contribution in [2.75, 3.05) is 18.8 Å². The molecule has 12 heteroatoms. The van der Waals surface area contributed by atoms with E-state index in [-0.39, 0.29) is 41.9 Å². The fourth-order valence-electron chi connectivity index (χ4n) is 3.79. The molecule has 9 nitrogen and oxygen atoms in total. The molecule has 0 spiro atoms. The topological polar surface area (TPSA) is 142 Å². The number of amides is 3. The molecular formula is C28H30FN3O6S2. The van der Waals surface area contributed by atoms with Gasteiger partial charge < -0.3 is 15.7 Å². The van der Waals surface area contributed by atoms with Crippen LogP contribution in [-0.4, -0.2) is 56.2 Å². The number of aliphatic hydroxyl groups is 1. The van der Waals surface area contributed by atoms with Gasteiger partial charge in [0.2, 0.25) is 5.91 Å². The highest BCUT2D eigenvalue weighted by molar-refractivity contribution is 7.90. The van der Waals surface area contributed by atoms with Gasteiger partial charge in [-0.3, -0.25) is 14.4 Å². The lowest BCUT2D eigenvalue weighted by molar-refractivity contribution is -0.126. The lowest BCUT2D eigenvalue weighted by Gasteiger charge is -2.15. The third-order valence-electron chi connectivity index (χ3n) is 5.97. The molecule has 212 valence electrons. The van der Waals surface area contributed by atoms with Crippen molar-refractivity contribution >= 4 is 40.4 Å². The largest absolute Gasteiger partial charge is 0.384 e. The van der Waals surface area contributed by atoms with Crippen molar-refractivity contribution in [2.45, 2.75) is 24.3 Å². The number of hydrogen-bond donors (Lipinski definition) is 5. The summed E-state index contributed by atoms with van der Waals surface area (Å²) in [6.45, 7) is 1.46. The SMILES string of the molecule is C[C@H](O)C(=O)NS(=O)(=O)c1ccccc1-c1ccc(C(=O)NCCNC(=O)[C@@H](CS)Cc2ccccc2F)cc1. The lowest BCUT2D eigenvalue weighted by atomic mass is 10.00. The van der Waals surface area contributed by atoms with E-state index in [4.69, 9.17) is 0 Å². The zero-order valence-electron chi connectivity index (χ0n) is 21.6. The van der Waals surface area contributed by atoms with Crippen molar-refractivity contribution in [2.24, 2.45) is 5.92 Å². The monoisotopic (exact) mass is 587 g/mol. The highest BCUT2D eigenvalue weighted by Crippen LogP contribution is 2.27. The number of hydrogen-bond acceptors (Lipinski definition) is 7. The number of carbonyl (C=O) groups excluding carboxylic acids is 3. The molecule has 0 aliphatic heterocycles. The summed E-state index contributed by atoms with van der Waals surface area (Å²) in [5, 5.41) is 14.8. The quantitative estimate of drug-likeness (QED) is 0.163. The minimum Gasteiger partial charge on any atom is -0.384 e. The van der Waals surface area contributed by atoms with Gasteiger partial charge in [0.25, 0.3) is 21.8 Å². The standard InChI is InChI=1S/C28H30FN3O6S2/c1-18(33)26(34)32-40(37,38)25-9-5-3-7-23(25)19-10-12-20(13-11-19)27(35)30-14-15-31-28(36)22(17-39)16-21-6-2-4-8-24(21)29/h2-13,18,22,33,39H,14-17H2,1H3,(H,30,35)(H,31,36)(H,32,34)/t18-,22+/m0/s1. The van der Waals surface area contributed by atoms with E-state index >= 15 is 0 Å². The molecule has 0 saturated heterocycles. The predicted octanol–water partition coefficient (Wildman–Crippen LogP) is 2.31. The highest BCUT2D eigenvalue weighted by Gasteiger charge is 2.24. The van der Waals surface area contributed by atoms with Gasteiger partial charge in [-0.15, -0.1) is 0 Å². The van der Waals surface area contributed by atoms with Crippen LogP contribution in [0.2, 0.25) is 0 Å². The molecule has 3 amide bonds. The Hall–Kier alpha value is -3.74. The minimum atomic E-state index is -4.26. The van der Waals surface area contributed by atoms with Crippen molar-refractivity contribution < 1.29 is 32.3 Å². The minimum absolute atomic E-state index is 0.148. The van der Waals surface area contributed by atoms with Crippen LogP contribution in [0.5, 0.6) is 0 Å². The normalized spacial score (nSPS) is 12.7. The second kappa shape index (κ2) is 14.1. The van der Waals surface area contributed by atoms with Gasteiger partial charge in [0.1, 0.15) is 11.9 Å². The summed E-state index contributed by atoms with van der Waals surface area (Å²) in [6.07, 6.45) is -1.30. The maximum Gasteiger partial charge on any atom is 0.264 e. The number of benzene rings is 3. The molecule has 0 bridgehead atoms. The summed E-state index contributed by atoms with van der Waals surface area (Å²) in [5.41, 5.74) is 1.53. The number of carbonyl (C=O) groups is 3. The Bertz CT molecular complexity index is 1460. The van der Waals surface area contributed by atoms with Crippen molar-refractivity contribution in [3.8, 4) is 11.1 Å². The highest BCUT2D eigenvalue weighted by atomic mass is 32.2. The fraction of sp³-hybridized carbons (Fsp3) is 0.250. The first-order valence-corrected chi connectivity index (χ1v) is 14.5. The van der Waals surface area contributed by atoms with Gasteiger partial charge >= 0.3 is 0 Å². The van der Waals surface area contributed by atoms with Crippen LogP contribution in [0, 0.1) is 11.7 Å². The lowest BCUT2D eigenvalue weighted by Crippen LogP contribution is -2.38. The van der Waals surface area contributed by atoms with Gasteiger partial charge in [0.05, 0.1) is 10.8 Å². The first-order valence-electron chi connectivity index (χ1n) is 12.4. The molecule has 0 fully saturated rings. The van der Waals surface area contributed by atoms with E-state index in [0.717, 1.165) is 6.92 Å². The molecule has 0 aromatic heterocycles. The molecule has 3 aromatic carbocycles. The van der Waals surface area contributed by atoms with Crippen LogP contribution < -0.4 is 15.4 Å². The molecule has 4 N–H and O–H groups in total. The van der Waals surface area contributed by atoms with E-state index < -0.39 is 33.9 Å². The first-order chi connectivity index (χ1) is 19.0. The van der Waals surface area contributed by atoms with E-state index in [1.54, 1.807) is 42.5 Å². The molecule has 40 heavy (non-hydrogen) atoms.